The van der Waals surface area contributed by atoms with Gasteiger partial charge in [-0.1, -0.05) is 58.7 Å². The molecule has 1 amide bonds. The first kappa shape index (κ1) is 24.0. The molecule has 3 heterocycles. The molecule has 7 nitrogen and oxygen atoms in total. The third kappa shape index (κ3) is 4.85. The minimum Gasteiger partial charge on any atom is -0.381 e. The van der Waals surface area contributed by atoms with Crippen molar-refractivity contribution in [2.75, 3.05) is 39.4 Å². The minimum absolute atomic E-state index is 0.0211. The molecule has 35 heavy (non-hydrogen) atoms. The molecular formula is C27H31ClN4O3. The summed E-state index contributed by atoms with van der Waals surface area (Å²) in [6.45, 7) is 8.15. The van der Waals surface area contributed by atoms with Crippen LogP contribution in [0.2, 0.25) is 5.02 Å². The summed E-state index contributed by atoms with van der Waals surface area (Å²) in [5, 5.41) is 4.86. The van der Waals surface area contributed by atoms with Crippen LogP contribution in [0.25, 0.3) is 11.4 Å². The number of aromatic nitrogens is 2. The largest absolute Gasteiger partial charge is 0.381 e. The number of amides is 1. The van der Waals surface area contributed by atoms with Crippen LogP contribution in [0.4, 0.5) is 0 Å². The number of benzene rings is 2. The minimum atomic E-state index is -0.550. The molecule has 0 bridgehead atoms. The number of nitrogens with zero attached hydrogens (tertiary/aromatic N) is 4. The second kappa shape index (κ2) is 10.1. The van der Waals surface area contributed by atoms with Gasteiger partial charge in [0.2, 0.25) is 17.6 Å². The summed E-state index contributed by atoms with van der Waals surface area (Å²) in [5.74, 6) is 1.39. The van der Waals surface area contributed by atoms with Crippen LogP contribution in [0.15, 0.2) is 53.1 Å². The van der Waals surface area contributed by atoms with Gasteiger partial charge in [-0.3, -0.25) is 9.69 Å². The lowest BCUT2D eigenvalue weighted by atomic mass is 9.73. The maximum absolute atomic E-state index is 13.9. The highest BCUT2D eigenvalue weighted by molar-refractivity contribution is 6.30. The molecule has 2 fully saturated rings. The van der Waals surface area contributed by atoms with E-state index in [0.717, 1.165) is 24.2 Å². The zero-order valence-electron chi connectivity index (χ0n) is 20.2. The SMILES string of the molecule is Cc1ccc(-c2noc(C(C)N3CCN(C(=O)C4(c5ccc(Cl)cc5)CCOCC4)CC3)n2)cc1. The number of hydrogen-bond acceptors (Lipinski definition) is 6. The summed E-state index contributed by atoms with van der Waals surface area (Å²) < 4.78 is 11.2. The van der Waals surface area contributed by atoms with Gasteiger partial charge in [-0.25, -0.2) is 0 Å². The Morgan fingerprint density at radius 1 is 1.00 bits per heavy atom. The fourth-order valence-corrected chi connectivity index (χ4v) is 5.24. The molecule has 2 saturated heterocycles. The Kier molecular flexibility index (Phi) is 6.91. The fourth-order valence-electron chi connectivity index (χ4n) is 5.11. The van der Waals surface area contributed by atoms with E-state index in [9.17, 15) is 4.79 Å². The number of ether oxygens (including phenoxy) is 1. The van der Waals surface area contributed by atoms with E-state index >= 15 is 0 Å². The average molecular weight is 495 g/mol. The lowest BCUT2D eigenvalue weighted by molar-refractivity contribution is -0.143. The van der Waals surface area contributed by atoms with Crippen molar-refractivity contribution in [3.8, 4) is 11.4 Å². The summed E-state index contributed by atoms with van der Waals surface area (Å²) in [5.41, 5.74) is 2.61. The smallest absolute Gasteiger partial charge is 0.244 e. The molecule has 1 atom stereocenters. The van der Waals surface area contributed by atoms with E-state index < -0.39 is 5.41 Å². The van der Waals surface area contributed by atoms with Crippen LogP contribution in [0, 0.1) is 6.92 Å². The molecule has 0 N–H and O–H groups in total. The van der Waals surface area contributed by atoms with Crippen LogP contribution in [-0.4, -0.2) is 65.2 Å². The molecular weight excluding hydrogens is 464 g/mol. The van der Waals surface area contributed by atoms with Crippen LogP contribution >= 0.6 is 11.6 Å². The van der Waals surface area contributed by atoms with E-state index in [1.165, 1.54) is 5.56 Å². The van der Waals surface area contributed by atoms with Crippen molar-refractivity contribution in [1.82, 2.24) is 19.9 Å². The Morgan fingerprint density at radius 3 is 2.31 bits per heavy atom. The first-order valence-corrected chi connectivity index (χ1v) is 12.6. The van der Waals surface area contributed by atoms with Crippen molar-refractivity contribution in [3.63, 3.8) is 0 Å². The van der Waals surface area contributed by atoms with E-state index in [1.807, 2.05) is 53.4 Å². The normalized spacial score (nSPS) is 19.5. The standard InChI is InChI=1S/C27H31ClN4O3/c1-19-3-5-21(6-4-19)24-29-25(35-30-24)20(2)31-13-15-32(16-14-31)26(33)27(11-17-34-18-12-27)22-7-9-23(28)10-8-22/h3-10,20H,11-18H2,1-2H3. The van der Waals surface area contributed by atoms with Gasteiger partial charge in [-0.2, -0.15) is 4.98 Å². The number of rotatable bonds is 5. The van der Waals surface area contributed by atoms with Crippen LogP contribution in [0.5, 0.6) is 0 Å². The Balaban J connectivity index is 1.26. The number of carbonyl (C=O) groups is 1. The van der Waals surface area contributed by atoms with Crippen molar-refractivity contribution < 1.29 is 14.1 Å². The maximum atomic E-state index is 13.9. The summed E-state index contributed by atoms with van der Waals surface area (Å²) in [4.78, 5) is 22.8. The number of piperazine rings is 1. The first-order chi connectivity index (χ1) is 17.0. The van der Waals surface area contributed by atoms with Gasteiger partial charge in [0.25, 0.3) is 0 Å². The van der Waals surface area contributed by atoms with E-state index in [4.69, 9.17) is 20.9 Å². The zero-order valence-corrected chi connectivity index (χ0v) is 21.0. The van der Waals surface area contributed by atoms with Gasteiger partial charge in [0.15, 0.2) is 0 Å². The molecule has 1 unspecified atom stereocenters. The van der Waals surface area contributed by atoms with E-state index in [0.29, 0.717) is 55.9 Å². The summed E-state index contributed by atoms with van der Waals surface area (Å²) >= 11 is 6.12. The lowest BCUT2D eigenvalue weighted by Crippen LogP contribution is -2.56. The highest BCUT2D eigenvalue weighted by atomic mass is 35.5. The molecule has 0 spiro atoms. The van der Waals surface area contributed by atoms with Crippen molar-refractivity contribution in [2.24, 2.45) is 0 Å². The highest BCUT2D eigenvalue weighted by Crippen LogP contribution is 2.38. The average Bonchev–Trinajstić information content (AvgIpc) is 3.39. The third-order valence-corrected chi connectivity index (χ3v) is 7.66. The van der Waals surface area contributed by atoms with Crippen molar-refractivity contribution in [3.05, 3.63) is 70.6 Å². The summed E-state index contributed by atoms with van der Waals surface area (Å²) in [6, 6.07) is 15.8. The van der Waals surface area contributed by atoms with Gasteiger partial charge in [0.05, 0.1) is 11.5 Å². The maximum Gasteiger partial charge on any atom is 0.244 e. The Labute approximate surface area is 211 Å². The third-order valence-electron chi connectivity index (χ3n) is 7.41. The molecule has 0 radical (unpaired) electrons. The van der Waals surface area contributed by atoms with Crippen LogP contribution in [0.3, 0.4) is 0 Å². The molecule has 1 aromatic heterocycles. The lowest BCUT2D eigenvalue weighted by Gasteiger charge is -2.43. The van der Waals surface area contributed by atoms with Crippen LogP contribution < -0.4 is 0 Å². The fraction of sp³-hybridized carbons (Fsp3) is 0.444. The van der Waals surface area contributed by atoms with Gasteiger partial charge in [0.1, 0.15) is 0 Å². The zero-order chi connectivity index (χ0) is 24.4. The van der Waals surface area contributed by atoms with E-state index in [1.54, 1.807) is 0 Å². The molecule has 2 aliphatic heterocycles. The predicted octanol–water partition coefficient (Wildman–Crippen LogP) is 4.65. The first-order valence-electron chi connectivity index (χ1n) is 12.2. The molecule has 3 aromatic rings. The number of hydrogen-bond donors (Lipinski definition) is 0. The van der Waals surface area contributed by atoms with Crippen molar-refractivity contribution in [1.29, 1.82) is 0 Å². The van der Waals surface area contributed by atoms with Gasteiger partial charge in [-0.05, 0) is 44.4 Å². The van der Waals surface area contributed by atoms with Gasteiger partial charge in [0, 0.05) is 50.0 Å². The Morgan fingerprint density at radius 2 is 1.66 bits per heavy atom. The monoisotopic (exact) mass is 494 g/mol. The molecule has 8 heteroatoms. The second-order valence-electron chi connectivity index (χ2n) is 9.53. The Hall–Kier alpha value is -2.74. The van der Waals surface area contributed by atoms with E-state index in [-0.39, 0.29) is 11.9 Å². The van der Waals surface area contributed by atoms with Gasteiger partial charge in [-0.15, -0.1) is 0 Å². The molecule has 0 aliphatic carbocycles. The molecule has 184 valence electrons. The molecule has 2 aliphatic rings. The van der Waals surface area contributed by atoms with Crippen molar-refractivity contribution >= 4 is 17.5 Å². The quantitative estimate of drug-likeness (QED) is 0.514. The van der Waals surface area contributed by atoms with Gasteiger partial charge < -0.3 is 14.2 Å². The van der Waals surface area contributed by atoms with E-state index in [2.05, 4.69) is 28.9 Å². The molecule has 2 aromatic carbocycles. The highest BCUT2D eigenvalue weighted by Gasteiger charge is 2.44. The number of halogens is 1. The van der Waals surface area contributed by atoms with Crippen molar-refractivity contribution in [2.45, 2.75) is 38.1 Å². The molecule has 5 rings (SSSR count). The Bertz CT molecular complexity index is 1150. The van der Waals surface area contributed by atoms with Crippen LogP contribution in [0.1, 0.15) is 42.8 Å². The number of aryl methyl sites for hydroxylation is 1. The summed E-state index contributed by atoms with van der Waals surface area (Å²) in [7, 11) is 0. The summed E-state index contributed by atoms with van der Waals surface area (Å²) in [6.07, 6.45) is 1.38. The van der Waals surface area contributed by atoms with Crippen LogP contribution in [-0.2, 0) is 14.9 Å². The predicted molar refractivity (Wildman–Crippen MR) is 134 cm³/mol. The van der Waals surface area contributed by atoms with Gasteiger partial charge >= 0.3 is 0 Å². The second-order valence-corrected chi connectivity index (χ2v) is 9.96. The number of carbonyl (C=O) groups excluding carboxylic acids is 1. The topological polar surface area (TPSA) is 71.7 Å². The molecule has 0 saturated carbocycles.